The molecule has 132 valence electrons. The van der Waals surface area contributed by atoms with Crippen LogP contribution in [0.2, 0.25) is 0 Å². The van der Waals surface area contributed by atoms with Gasteiger partial charge in [0.05, 0.1) is 12.6 Å². The first-order valence-electron chi connectivity index (χ1n) is 9.11. The molecule has 3 nitrogen and oxygen atoms in total. The van der Waals surface area contributed by atoms with E-state index in [0.717, 1.165) is 43.0 Å². The van der Waals surface area contributed by atoms with Crippen LogP contribution in [0.5, 0.6) is 5.75 Å². The average molecular weight is 337 g/mol. The molecule has 1 unspecified atom stereocenters. The topological polar surface area (TPSA) is 34.4 Å². The van der Waals surface area contributed by atoms with E-state index in [4.69, 9.17) is 9.15 Å². The number of aryl methyl sites for hydroxylation is 2. The van der Waals surface area contributed by atoms with Crippen molar-refractivity contribution in [3.05, 3.63) is 65.4 Å². The average Bonchev–Trinajstić information content (AvgIpc) is 3.08. The summed E-state index contributed by atoms with van der Waals surface area (Å²) in [6, 6.07) is 17.3. The molecule has 3 aromatic rings. The van der Waals surface area contributed by atoms with E-state index in [1.807, 2.05) is 7.05 Å². The Morgan fingerprint density at radius 3 is 2.44 bits per heavy atom. The minimum absolute atomic E-state index is 0.226. The van der Waals surface area contributed by atoms with E-state index in [9.17, 15) is 0 Å². The molecule has 0 aliphatic rings. The molecular formula is C22H27NO2. The summed E-state index contributed by atoms with van der Waals surface area (Å²) in [7, 11) is 1.95. The first-order valence-corrected chi connectivity index (χ1v) is 9.11. The van der Waals surface area contributed by atoms with Crippen LogP contribution in [0.15, 0.2) is 52.9 Å². The second-order valence-corrected chi connectivity index (χ2v) is 6.52. The highest BCUT2D eigenvalue weighted by molar-refractivity contribution is 5.78. The van der Waals surface area contributed by atoms with Gasteiger partial charge in [-0.05, 0) is 68.6 Å². The van der Waals surface area contributed by atoms with Gasteiger partial charge >= 0.3 is 0 Å². The van der Waals surface area contributed by atoms with Gasteiger partial charge in [-0.1, -0.05) is 31.2 Å². The molecule has 0 aliphatic heterocycles. The Bertz CT molecular complexity index is 805. The van der Waals surface area contributed by atoms with Crippen LogP contribution in [0.4, 0.5) is 0 Å². The molecule has 1 aromatic heterocycles. The van der Waals surface area contributed by atoms with E-state index in [-0.39, 0.29) is 6.04 Å². The van der Waals surface area contributed by atoms with E-state index >= 15 is 0 Å². The predicted molar refractivity (Wildman–Crippen MR) is 103 cm³/mol. The number of furan rings is 1. The summed E-state index contributed by atoms with van der Waals surface area (Å²) in [5.41, 5.74) is 3.60. The molecule has 0 radical (unpaired) electrons. The lowest BCUT2D eigenvalue weighted by Crippen LogP contribution is -2.10. The number of hydrogen-bond donors (Lipinski definition) is 1. The van der Waals surface area contributed by atoms with E-state index in [1.54, 1.807) is 0 Å². The molecule has 2 aromatic carbocycles. The van der Waals surface area contributed by atoms with Crippen molar-refractivity contribution in [1.82, 2.24) is 5.32 Å². The zero-order valence-corrected chi connectivity index (χ0v) is 15.3. The van der Waals surface area contributed by atoms with Crippen LogP contribution in [0.1, 0.15) is 43.2 Å². The van der Waals surface area contributed by atoms with E-state index < -0.39 is 0 Å². The number of ether oxygens (including phenoxy) is 1. The lowest BCUT2D eigenvalue weighted by Gasteiger charge is -2.06. The number of fused-ring (bicyclic) bond motifs is 1. The van der Waals surface area contributed by atoms with Crippen LogP contribution in [0.25, 0.3) is 11.0 Å². The first-order chi connectivity index (χ1) is 12.2. The van der Waals surface area contributed by atoms with Crippen molar-refractivity contribution >= 4 is 11.0 Å². The third kappa shape index (κ3) is 4.43. The molecule has 0 bridgehead atoms. The first kappa shape index (κ1) is 17.6. The highest BCUT2D eigenvalue weighted by atomic mass is 16.5. The summed E-state index contributed by atoms with van der Waals surface area (Å²) in [6.45, 7) is 5.00. The van der Waals surface area contributed by atoms with E-state index in [1.165, 1.54) is 16.5 Å². The summed E-state index contributed by atoms with van der Waals surface area (Å²) < 4.78 is 11.6. The van der Waals surface area contributed by atoms with Crippen LogP contribution in [0, 0.1) is 0 Å². The van der Waals surface area contributed by atoms with Crippen molar-refractivity contribution in [2.45, 2.75) is 39.2 Å². The van der Waals surface area contributed by atoms with Gasteiger partial charge in [0.2, 0.25) is 0 Å². The fourth-order valence-electron chi connectivity index (χ4n) is 2.87. The van der Waals surface area contributed by atoms with E-state index in [0.29, 0.717) is 0 Å². The lowest BCUT2D eigenvalue weighted by atomic mass is 10.0. The SMILES string of the molecule is CCCOc1ccc(CCc2ccc3cc(C(C)NC)oc3c2)cc1. The summed E-state index contributed by atoms with van der Waals surface area (Å²) in [6.07, 6.45) is 3.05. The van der Waals surface area contributed by atoms with Crippen LogP contribution >= 0.6 is 0 Å². The Morgan fingerprint density at radius 2 is 1.72 bits per heavy atom. The Balaban J connectivity index is 1.64. The van der Waals surface area contributed by atoms with Gasteiger partial charge in [0.15, 0.2) is 0 Å². The van der Waals surface area contributed by atoms with Gasteiger partial charge in [0.25, 0.3) is 0 Å². The van der Waals surface area contributed by atoms with Crippen LogP contribution in [0.3, 0.4) is 0 Å². The highest BCUT2D eigenvalue weighted by Gasteiger charge is 2.10. The molecular weight excluding hydrogens is 310 g/mol. The monoisotopic (exact) mass is 337 g/mol. The van der Waals surface area contributed by atoms with Crippen molar-refractivity contribution in [2.24, 2.45) is 0 Å². The normalized spacial score (nSPS) is 12.4. The zero-order chi connectivity index (χ0) is 17.6. The number of hydrogen-bond acceptors (Lipinski definition) is 3. The summed E-state index contributed by atoms with van der Waals surface area (Å²) in [5.74, 6) is 1.94. The zero-order valence-electron chi connectivity index (χ0n) is 15.3. The molecule has 0 spiro atoms. The molecule has 0 fully saturated rings. The number of benzene rings is 2. The van der Waals surface area contributed by atoms with Crippen molar-refractivity contribution in [2.75, 3.05) is 13.7 Å². The van der Waals surface area contributed by atoms with Crippen LogP contribution < -0.4 is 10.1 Å². The molecule has 0 saturated carbocycles. The van der Waals surface area contributed by atoms with Crippen molar-refractivity contribution in [1.29, 1.82) is 0 Å². The van der Waals surface area contributed by atoms with Crippen LogP contribution in [-0.2, 0) is 12.8 Å². The molecule has 0 saturated heterocycles. The Morgan fingerprint density at radius 1 is 1.00 bits per heavy atom. The fraction of sp³-hybridized carbons (Fsp3) is 0.364. The minimum atomic E-state index is 0.226. The maximum Gasteiger partial charge on any atom is 0.134 e. The molecule has 0 aliphatic carbocycles. The quantitative estimate of drug-likeness (QED) is 0.607. The van der Waals surface area contributed by atoms with Gasteiger partial charge in [0, 0.05) is 5.39 Å². The molecule has 1 atom stereocenters. The van der Waals surface area contributed by atoms with Crippen molar-refractivity contribution < 1.29 is 9.15 Å². The molecule has 25 heavy (non-hydrogen) atoms. The van der Waals surface area contributed by atoms with Gasteiger partial charge in [-0.15, -0.1) is 0 Å². The maximum atomic E-state index is 5.99. The number of rotatable bonds is 8. The second kappa shape index (κ2) is 8.21. The third-order valence-corrected chi connectivity index (χ3v) is 4.56. The summed E-state index contributed by atoms with van der Waals surface area (Å²) >= 11 is 0. The van der Waals surface area contributed by atoms with Gasteiger partial charge < -0.3 is 14.5 Å². The Kier molecular flexibility index (Phi) is 5.77. The van der Waals surface area contributed by atoms with Crippen molar-refractivity contribution in [3.63, 3.8) is 0 Å². The molecule has 3 heteroatoms. The van der Waals surface area contributed by atoms with Gasteiger partial charge in [0.1, 0.15) is 17.1 Å². The summed E-state index contributed by atoms with van der Waals surface area (Å²) in [5, 5.41) is 4.38. The molecule has 1 N–H and O–H groups in total. The largest absolute Gasteiger partial charge is 0.494 e. The molecule has 0 amide bonds. The summed E-state index contributed by atoms with van der Waals surface area (Å²) in [4.78, 5) is 0. The molecule has 3 rings (SSSR count). The molecule has 1 heterocycles. The standard InChI is InChI=1S/C22H27NO2/c1-4-13-24-20-11-8-17(9-12-20)5-6-18-7-10-19-15-21(16(2)23-3)25-22(19)14-18/h7-12,14-16,23H,4-6,13H2,1-3H3. The minimum Gasteiger partial charge on any atom is -0.494 e. The smallest absolute Gasteiger partial charge is 0.134 e. The number of nitrogens with one attached hydrogen (secondary N) is 1. The predicted octanol–water partition coefficient (Wildman–Crippen LogP) is 5.29. The highest BCUT2D eigenvalue weighted by Crippen LogP contribution is 2.25. The van der Waals surface area contributed by atoms with Gasteiger partial charge in [-0.25, -0.2) is 0 Å². The Hall–Kier alpha value is -2.26. The second-order valence-electron chi connectivity index (χ2n) is 6.52. The van der Waals surface area contributed by atoms with Gasteiger partial charge in [-0.3, -0.25) is 0 Å². The fourth-order valence-corrected chi connectivity index (χ4v) is 2.87. The van der Waals surface area contributed by atoms with Crippen molar-refractivity contribution in [3.8, 4) is 5.75 Å². The van der Waals surface area contributed by atoms with E-state index in [2.05, 4.69) is 67.7 Å². The maximum absolute atomic E-state index is 5.99. The third-order valence-electron chi connectivity index (χ3n) is 4.56. The Labute approximate surface area is 150 Å². The van der Waals surface area contributed by atoms with Gasteiger partial charge in [-0.2, -0.15) is 0 Å². The van der Waals surface area contributed by atoms with Crippen LogP contribution in [-0.4, -0.2) is 13.7 Å². The lowest BCUT2D eigenvalue weighted by molar-refractivity contribution is 0.317.